The second-order valence-electron chi connectivity index (χ2n) is 8.48. The van der Waals surface area contributed by atoms with E-state index in [2.05, 4.69) is 20.6 Å². The van der Waals surface area contributed by atoms with Gasteiger partial charge in [0, 0.05) is 37.4 Å². The van der Waals surface area contributed by atoms with Crippen molar-refractivity contribution in [3.8, 4) is 6.07 Å². The van der Waals surface area contributed by atoms with Gasteiger partial charge in [-0.1, -0.05) is 12.1 Å². The Hall–Kier alpha value is -2.44. The number of hydrogen-bond acceptors (Lipinski definition) is 6. The summed E-state index contributed by atoms with van der Waals surface area (Å²) in [5, 5.41) is 9.27. The van der Waals surface area contributed by atoms with Crippen molar-refractivity contribution >= 4 is 15.7 Å². The molecule has 2 aromatic rings. The molecular weight excluding hydrogens is 422 g/mol. The summed E-state index contributed by atoms with van der Waals surface area (Å²) < 4.78 is 26.6. The zero-order chi connectivity index (χ0) is 23.1. The predicted molar refractivity (Wildman–Crippen MR) is 128 cm³/mol. The van der Waals surface area contributed by atoms with Gasteiger partial charge in [0.15, 0.2) is 0 Å². The highest BCUT2D eigenvalue weighted by Crippen LogP contribution is 2.27. The van der Waals surface area contributed by atoms with Crippen LogP contribution in [0.15, 0.2) is 53.4 Å². The summed E-state index contributed by atoms with van der Waals surface area (Å²) in [7, 11) is -2.06. The monoisotopic (exact) mass is 455 g/mol. The third-order valence-corrected chi connectivity index (χ3v) is 7.49. The van der Waals surface area contributed by atoms with Crippen molar-refractivity contribution in [3.63, 3.8) is 0 Å². The lowest BCUT2D eigenvalue weighted by Crippen LogP contribution is -2.45. The first-order chi connectivity index (χ1) is 15.3. The molecule has 0 bridgehead atoms. The molecule has 3 N–H and O–H groups in total. The first-order valence-electron chi connectivity index (χ1n) is 11.1. The minimum absolute atomic E-state index is 0.212. The zero-order valence-corrected chi connectivity index (χ0v) is 19.7. The van der Waals surface area contributed by atoms with Crippen LogP contribution < -0.4 is 15.4 Å². The molecule has 8 heteroatoms. The summed E-state index contributed by atoms with van der Waals surface area (Å²) in [6.45, 7) is 5.75. The number of rotatable bonds is 9. The topological polar surface area (TPSA) is 102 Å². The zero-order valence-electron chi connectivity index (χ0n) is 18.9. The maximum Gasteiger partial charge on any atom is 0.240 e. The number of nitrogens with one attached hydrogen (secondary N) is 1. The number of hydrogen-bond donors (Lipinski definition) is 2. The number of anilines is 1. The Morgan fingerprint density at radius 3 is 2.50 bits per heavy atom. The summed E-state index contributed by atoms with van der Waals surface area (Å²) in [4.78, 5) is 5.06. The highest BCUT2D eigenvalue weighted by atomic mass is 32.2. The van der Waals surface area contributed by atoms with Gasteiger partial charge in [-0.2, -0.15) is 5.26 Å². The Morgan fingerprint density at radius 2 is 1.91 bits per heavy atom. The molecule has 0 aromatic heterocycles. The lowest BCUT2D eigenvalue weighted by molar-refractivity contribution is 0.203. The molecular formula is C24H33N5O2S. The van der Waals surface area contributed by atoms with E-state index in [-0.39, 0.29) is 10.9 Å². The molecule has 1 unspecified atom stereocenters. The Kier molecular flexibility index (Phi) is 8.26. The number of nitriles is 1. The van der Waals surface area contributed by atoms with E-state index in [0.29, 0.717) is 18.2 Å². The molecule has 0 radical (unpaired) electrons. The van der Waals surface area contributed by atoms with Crippen molar-refractivity contribution in [2.24, 2.45) is 5.73 Å². The van der Waals surface area contributed by atoms with Crippen LogP contribution in [0.3, 0.4) is 0 Å². The lowest BCUT2D eigenvalue weighted by Gasteiger charge is -2.40. The Bertz CT molecular complexity index is 1020. The molecule has 1 heterocycles. The number of nitrogens with two attached hydrogens (primary N) is 1. The SMILES string of the molecule is CNS(=O)(=O)c1ccc(N(Cc2cccc(C#N)c2)C2CCN(CCC(C)N)CC2)cc1. The van der Waals surface area contributed by atoms with E-state index in [4.69, 9.17) is 5.73 Å². The maximum atomic E-state index is 12.1. The van der Waals surface area contributed by atoms with E-state index in [1.54, 1.807) is 12.1 Å². The van der Waals surface area contributed by atoms with Crippen molar-refractivity contribution < 1.29 is 8.42 Å². The minimum Gasteiger partial charge on any atom is -0.364 e. The van der Waals surface area contributed by atoms with Crippen LogP contribution in [0.5, 0.6) is 0 Å². The lowest BCUT2D eigenvalue weighted by atomic mass is 10.00. The average molecular weight is 456 g/mol. The highest BCUT2D eigenvalue weighted by molar-refractivity contribution is 7.89. The van der Waals surface area contributed by atoms with Gasteiger partial charge in [0.1, 0.15) is 0 Å². The largest absolute Gasteiger partial charge is 0.364 e. The summed E-state index contributed by atoms with van der Waals surface area (Å²) in [6, 6.07) is 17.5. The Morgan fingerprint density at radius 1 is 1.22 bits per heavy atom. The molecule has 7 nitrogen and oxygen atoms in total. The van der Waals surface area contributed by atoms with Gasteiger partial charge in [-0.15, -0.1) is 0 Å². The van der Waals surface area contributed by atoms with E-state index < -0.39 is 10.0 Å². The highest BCUT2D eigenvalue weighted by Gasteiger charge is 2.25. The number of likely N-dealkylation sites (tertiary alicyclic amines) is 1. The summed E-state index contributed by atoms with van der Waals surface area (Å²) in [6.07, 6.45) is 3.04. The molecule has 2 aromatic carbocycles. The molecule has 0 amide bonds. The predicted octanol–water partition coefficient (Wildman–Crippen LogP) is 2.67. The van der Waals surface area contributed by atoms with E-state index in [1.165, 1.54) is 7.05 Å². The van der Waals surface area contributed by atoms with Crippen LogP contribution in [0.25, 0.3) is 0 Å². The van der Waals surface area contributed by atoms with Gasteiger partial charge in [0.25, 0.3) is 0 Å². The smallest absolute Gasteiger partial charge is 0.240 e. The van der Waals surface area contributed by atoms with Crippen molar-refractivity contribution in [3.05, 3.63) is 59.7 Å². The third-order valence-electron chi connectivity index (χ3n) is 6.05. The van der Waals surface area contributed by atoms with Gasteiger partial charge in [0.05, 0.1) is 16.5 Å². The molecule has 0 saturated carbocycles. The number of nitrogens with zero attached hydrogens (tertiary/aromatic N) is 3. The van der Waals surface area contributed by atoms with Crippen LogP contribution in [0.1, 0.15) is 37.3 Å². The van der Waals surface area contributed by atoms with Crippen molar-refractivity contribution in [2.45, 2.75) is 49.7 Å². The van der Waals surface area contributed by atoms with Gasteiger partial charge in [-0.3, -0.25) is 0 Å². The van der Waals surface area contributed by atoms with Crippen LogP contribution in [-0.2, 0) is 16.6 Å². The van der Waals surface area contributed by atoms with Crippen molar-refractivity contribution in [1.82, 2.24) is 9.62 Å². The van der Waals surface area contributed by atoms with Gasteiger partial charge in [-0.25, -0.2) is 13.1 Å². The fourth-order valence-electron chi connectivity index (χ4n) is 4.14. The van der Waals surface area contributed by atoms with Gasteiger partial charge >= 0.3 is 0 Å². The summed E-state index contributed by atoms with van der Waals surface area (Å²) >= 11 is 0. The first kappa shape index (κ1) is 24.2. The van der Waals surface area contributed by atoms with Crippen molar-refractivity contribution in [1.29, 1.82) is 5.26 Å². The Balaban J connectivity index is 1.81. The molecule has 1 aliphatic heterocycles. The van der Waals surface area contributed by atoms with Crippen LogP contribution >= 0.6 is 0 Å². The van der Waals surface area contributed by atoms with Crippen molar-refractivity contribution in [2.75, 3.05) is 31.6 Å². The van der Waals surface area contributed by atoms with Crippen LogP contribution in [-0.4, -0.2) is 52.1 Å². The van der Waals surface area contributed by atoms with Gasteiger partial charge in [-0.05, 0) is 81.7 Å². The molecule has 1 atom stereocenters. The molecule has 0 aliphatic carbocycles. The molecule has 1 aliphatic rings. The summed E-state index contributed by atoms with van der Waals surface area (Å²) in [5.74, 6) is 0. The minimum atomic E-state index is -3.48. The van der Waals surface area contributed by atoms with Crippen LogP contribution in [0, 0.1) is 11.3 Å². The van der Waals surface area contributed by atoms with E-state index in [1.807, 2.05) is 43.3 Å². The fraction of sp³-hybridized carbons (Fsp3) is 0.458. The van der Waals surface area contributed by atoms with E-state index >= 15 is 0 Å². The molecule has 1 saturated heterocycles. The normalized spacial score (nSPS) is 16.4. The Labute approximate surface area is 191 Å². The molecule has 32 heavy (non-hydrogen) atoms. The van der Waals surface area contributed by atoms with Gasteiger partial charge in [0.2, 0.25) is 10.0 Å². The van der Waals surface area contributed by atoms with E-state index in [9.17, 15) is 13.7 Å². The molecule has 0 spiro atoms. The number of sulfonamides is 1. The maximum absolute atomic E-state index is 12.1. The first-order valence-corrected chi connectivity index (χ1v) is 12.6. The van der Waals surface area contributed by atoms with E-state index in [0.717, 1.165) is 50.1 Å². The number of piperidine rings is 1. The standard InChI is InChI=1S/C24H33N5O2S/c1-19(26)10-13-28-14-11-23(12-15-28)29(18-21-5-3-4-20(16-21)17-25)22-6-8-24(9-7-22)32(30,31)27-2/h3-9,16,19,23,27H,10-15,18,26H2,1-2H3. The second-order valence-corrected chi connectivity index (χ2v) is 10.4. The number of benzene rings is 2. The van der Waals surface area contributed by atoms with Crippen LogP contribution in [0.2, 0.25) is 0 Å². The quantitative estimate of drug-likeness (QED) is 0.603. The van der Waals surface area contributed by atoms with Gasteiger partial charge < -0.3 is 15.5 Å². The fourth-order valence-corrected chi connectivity index (χ4v) is 4.87. The molecule has 1 fully saturated rings. The van der Waals surface area contributed by atoms with Crippen LogP contribution in [0.4, 0.5) is 5.69 Å². The second kappa shape index (κ2) is 10.9. The average Bonchev–Trinajstić information content (AvgIpc) is 2.82. The third kappa shape index (κ3) is 6.30. The molecule has 172 valence electrons. The summed E-state index contributed by atoms with van der Waals surface area (Å²) in [5.41, 5.74) is 8.61. The molecule has 3 rings (SSSR count).